The number of hydrogen-bond acceptors (Lipinski definition) is 4. The van der Waals surface area contributed by atoms with Crippen LogP contribution < -0.4 is 11.5 Å². The van der Waals surface area contributed by atoms with E-state index < -0.39 is 0 Å². The van der Waals surface area contributed by atoms with Crippen LogP contribution in [-0.4, -0.2) is 48.9 Å². The van der Waals surface area contributed by atoms with Gasteiger partial charge in [0, 0.05) is 18.7 Å². The monoisotopic (exact) mass is 262 g/mol. The average molecular weight is 262 g/mol. The van der Waals surface area contributed by atoms with Gasteiger partial charge in [-0.05, 0) is 51.2 Å². The van der Waals surface area contributed by atoms with E-state index in [1.807, 2.05) is 11.9 Å². The molecule has 2 rings (SSSR count). The van der Waals surface area contributed by atoms with Crippen LogP contribution in [0, 0.1) is 0 Å². The van der Waals surface area contributed by atoms with E-state index in [0.717, 1.165) is 25.9 Å². The Labute approximate surface area is 114 Å². The summed E-state index contributed by atoms with van der Waals surface area (Å²) < 4.78 is 0. The van der Waals surface area contributed by atoms with Gasteiger partial charge in [-0.2, -0.15) is 0 Å². The predicted molar refractivity (Wildman–Crippen MR) is 77.9 cm³/mol. The summed E-state index contributed by atoms with van der Waals surface area (Å²) in [6, 6.07) is 5.38. The maximum absolute atomic E-state index is 12.4. The van der Waals surface area contributed by atoms with Crippen molar-refractivity contribution >= 4 is 17.3 Å². The lowest BCUT2D eigenvalue weighted by molar-refractivity contribution is 0.0659. The van der Waals surface area contributed by atoms with Gasteiger partial charge in [0.25, 0.3) is 5.91 Å². The number of amides is 1. The molecule has 0 aromatic heterocycles. The van der Waals surface area contributed by atoms with Crippen LogP contribution in [0.4, 0.5) is 11.4 Å². The molecule has 1 amide bonds. The third-order valence-electron chi connectivity index (χ3n) is 3.89. The fraction of sp³-hybridized carbons (Fsp3) is 0.500. The number of nitrogen functional groups attached to an aromatic ring is 2. The number of benzene rings is 1. The first-order valence-electron chi connectivity index (χ1n) is 6.59. The van der Waals surface area contributed by atoms with E-state index in [4.69, 9.17) is 11.5 Å². The van der Waals surface area contributed by atoms with Gasteiger partial charge in [0.15, 0.2) is 0 Å². The highest BCUT2D eigenvalue weighted by Gasteiger charge is 2.24. The fourth-order valence-corrected chi connectivity index (χ4v) is 2.46. The van der Waals surface area contributed by atoms with Crippen LogP contribution in [0.2, 0.25) is 0 Å². The molecule has 0 atom stereocenters. The topological polar surface area (TPSA) is 75.6 Å². The Balaban J connectivity index is 2.08. The number of anilines is 2. The molecule has 1 aliphatic heterocycles. The Morgan fingerprint density at radius 1 is 1.26 bits per heavy atom. The van der Waals surface area contributed by atoms with E-state index in [9.17, 15) is 4.79 Å². The molecule has 0 aliphatic carbocycles. The summed E-state index contributed by atoms with van der Waals surface area (Å²) in [5, 5.41) is 0. The Morgan fingerprint density at radius 3 is 2.47 bits per heavy atom. The Morgan fingerprint density at radius 2 is 1.89 bits per heavy atom. The molecule has 1 saturated heterocycles. The lowest BCUT2D eigenvalue weighted by Gasteiger charge is -2.35. The van der Waals surface area contributed by atoms with Gasteiger partial charge in [0.1, 0.15) is 0 Å². The fourth-order valence-electron chi connectivity index (χ4n) is 2.46. The maximum atomic E-state index is 12.4. The van der Waals surface area contributed by atoms with Crippen molar-refractivity contribution in [2.45, 2.75) is 18.9 Å². The number of rotatable bonds is 2. The van der Waals surface area contributed by atoms with Crippen molar-refractivity contribution in [3.05, 3.63) is 23.8 Å². The first-order valence-corrected chi connectivity index (χ1v) is 6.59. The first-order chi connectivity index (χ1) is 8.99. The molecule has 0 radical (unpaired) electrons. The second kappa shape index (κ2) is 5.48. The van der Waals surface area contributed by atoms with Crippen LogP contribution >= 0.6 is 0 Å². The molecule has 4 N–H and O–H groups in total. The third kappa shape index (κ3) is 2.98. The van der Waals surface area contributed by atoms with E-state index in [0.29, 0.717) is 23.0 Å². The van der Waals surface area contributed by atoms with Crippen LogP contribution in [-0.2, 0) is 0 Å². The van der Waals surface area contributed by atoms with Crippen LogP contribution in [0.5, 0.6) is 0 Å². The zero-order valence-electron chi connectivity index (χ0n) is 11.6. The van der Waals surface area contributed by atoms with Crippen molar-refractivity contribution < 1.29 is 4.79 Å². The predicted octanol–water partition coefficient (Wildman–Crippen LogP) is 1.02. The molecular weight excluding hydrogens is 240 g/mol. The van der Waals surface area contributed by atoms with Gasteiger partial charge in [-0.15, -0.1) is 0 Å². The molecule has 1 fully saturated rings. The quantitative estimate of drug-likeness (QED) is 0.780. The summed E-state index contributed by atoms with van der Waals surface area (Å²) in [5.74, 6) is 0.0150. The molecule has 0 saturated carbocycles. The highest BCUT2D eigenvalue weighted by molar-refractivity contribution is 5.96. The molecule has 19 heavy (non-hydrogen) atoms. The zero-order chi connectivity index (χ0) is 14.0. The molecule has 5 nitrogen and oxygen atoms in total. The molecule has 0 unspecified atom stereocenters. The van der Waals surface area contributed by atoms with Crippen molar-refractivity contribution in [2.24, 2.45) is 0 Å². The summed E-state index contributed by atoms with van der Waals surface area (Å²) >= 11 is 0. The molecular formula is C14H22N4O. The molecule has 0 bridgehead atoms. The van der Waals surface area contributed by atoms with E-state index in [1.54, 1.807) is 18.2 Å². The summed E-state index contributed by atoms with van der Waals surface area (Å²) in [5.41, 5.74) is 13.0. The second-order valence-electron chi connectivity index (χ2n) is 5.29. The van der Waals surface area contributed by atoms with E-state index in [-0.39, 0.29) is 5.91 Å². The molecule has 1 aromatic carbocycles. The van der Waals surface area contributed by atoms with Crippen molar-refractivity contribution in [2.75, 3.05) is 38.7 Å². The van der Waals surface area contributed by atoms with Gasteiger partial charge < -0.3 is 21.3 Å². The number of likely N-dealkylation sites (tertiary alicyclic amines) is 1. The number of carbonyl (C=O) groups excluding carboxylic acids is 1. The number of hydrogen-bond donors (Lipinski definition) is 2. The van der Waals surface area contributed by atoms with Crippen LogP contribution in [0.25, 0.3) is 0 Å². The first kappa shape index (κ1) is 13.7. The van der Waals surface area contributed by atoms with Crippen LogP contribution in [0.3, 0.4) is 0 Å². The van der Waals surface area contributed by atoms with Crippen LogP contribution in [0.15, 0.2) is 18.2 Å². The lowest BCUT2D eigenvalue weighted by atomic mass is 10.0. The van der Waals surface area contributed by atoms with E-state index >= 15 is 0 Å². The SMILES string of the molecule is CN1CCC(N(C)C(=O)c2ccc(N)c(N)c2)CC1. The number of carbonyl (C=O) groups is 1. The molecule has 104 valence electrons. The van der Waals surface area contributed by atoms with Gasteiger partial charge >= 0.3 is 0 Å². The average Bonchev–Trinajstić information content (AvgIpc) is 2.41. The molecule has 5 heteroatoms. The molecule has 1 heterocycles. The van der Waals surface area contributed by atoms with Crippen molar-refractivity contribution in [1.82, 2.24) is 9.80 Å². The number of piperidine rings is 1. The van der Waals surface area contributed by atoms with Crippen molar-refractivity contribution in [3.8, 4) is 0 Å². The van der Waals surface area contributed by atoms with Gasteiger partial charge in [-0.1, -0.05) is 0 Å². The maximum Gasteiger partial charge on any atom is 0.253 e. The summed E-state index contributed by atoms with van der Waals surface area (Å²) in [4.78, 5) is 16.5. The smallest absolute Gasteiger partial charge is 0.253 e. The summed E-state index contributed by atoms with van der Waals surface area (Å²) in [6.07, 6.45) is 2.03. The van der Waals surface area contributed by atoms with Gasteiger partial charge in [-0.3, -0.25) is 4.79 Å². The van der Waals surface area contributed by atoms with Crippen molar-refractivity contribution in [1.29, 1.82) is 0 Å². The lowest BCUT2D eigenvalue weighted by Crippen LogP contribution is -2.44. The summed E-state index contributed by atoms with van der Waals surface area (Å²) in [6.45, 7) is 2.07. The normalized spacial score (nSPS) is 17.4. The highest BCUT2D eigenvalue weighted by atomic mass is 16.2. The van der Waals surface area contributed by atoms with Gasteiger partial charge in [-0.25, -0.2) is 0 Å². The molecule has 1 aromatic rings. The van der Waals surface area contributed by atoms with Gasteiger partial charge in [0.2, 0.25) is 0 Å². The standard InChI is InChI=1S/C14H22N4O/c1-17-7-5-11(6-8-17)18(2)14(19)10-3-4-12(15)13(16)9-10/h3-4,9,11H,5-8,15-16H2,1-2H3. The zero-order valence-corrected chi connectivity index (χ0v) is 11.6. The number of nitrogens with zero attached hydrogens (tertiary/aromatic N) is 2. The minimum absolute atomic E-state index is 0.0150. The van der Waals surface area contributed by atoms with E-state index in [1.165, 1.54) is 0 Å². The van der Waals surface area contributed by atoms with E-state index in [2.05, 4.69) is 11.9 Å². The third-order valence-corrected chi connectivity index (χ3v) is 3.89. The second-order valence-corrected chi connectivity index (χ2v) is 5.29. The number of nitrogens with two attached hydrogens (primary N) is 2. The minimum atomic E-state index is 0.0150. The Bertz CT molecular complexity index is 467. The highest BCUT2D eigenvalue weighted by Crippen LogP contribution is 2.20. The summed E-state index contributed by atoms with van der Waals surface area (Å²) in [7, 11) is 3.98. The Kier molecular flexibility index (Phi) is 3.95. The molecule has 0 spiro atoms. The molecule has 1 aliphatic rings. The Hall–Kier alpha value is -1.75. The van der Waals surface area contributed by atoms with Gasteiger partial charge in [0.05, 0.1) is 11.4 Å². The minimum Gasteiger partial charge on any atom is -0.397 e. The van der Waals surface area contributed by atoms with Crippen molar-refractivity contribution in [3.63, 3.8) is 0 Å². The van der Waals surface area contributed by atoms with Crippen LogP contribution in [0.1, 0.15) is 23.2 Å². The largest absolute Gasteiger partial charge is 0.397 e.